The molecule has 2 atom stereocenters. The number of fused-ring (bicyclic) bond motifs is 1. The lowest BCUT2D eigenvalue weighted by atomic mass is 9.98. The molecule has 2 unspecified atom stereocenters. The monoisotopic (exact) mass is 286 g/mol. The number of carboxylic acid groups (broad SMARTS) is 1. The summed E-state index contributed by atoms with van der Waals surface area (Å²) in [6.07, 6.45) is 3.44. The maximum Gasteiger partial charge on any atom is 0.324 e. The van der Waals surface area contributed by atoms with Gasteiger partial charge in [-0.15, -0.1) is 0 Å². The molecule has 1 aromatic carbocycles. The van der Waals surface area contributed by atoms with Crippen LogP contribution in [0, 0.1) is 0 Å². The average molecular weight is 286 g/mol. The van der Waals surface area contributed by atoms with Gasteiger partial charge in [-0.2, -0.15) is 0 Å². The number of aromatic nitrogens is 1. The number of pyridine rings is 1. The Morgan fingerprint density at radius 2 is 2.33 bits per heavy atom. The zero-order valence-corrected chi connectivity index (χ0v) is 11.9. The van der Waals surface area contributed by atoms with Gasteiger partial charge in [-0.05, 0) is 38.1 Å². The van der Waals surface area contributed by atoms with Crippen molar-refractivity contribution < 1.29 is 14.6 Å². The van der Waals surface area contributed by atoms with Crippen LogP contribution in [0.5, 0.6) is 5.75 Å². The van der Waals surface area contributed by atoms with Crippen LogP contribution in [0.1, 0.15) is 19.3 Å². The van der Waals surface area contributed by atoms with E-state index in [0.717, 1.165) is 23.1 Å². The molecule has 1 saturated carbocycles. The minimum absolute atomic E-state index is 0.0882. The molecule has 0 amide bonds. The predicted octanol–water partition coefficient (Wildman–Crippen LogP) is 2.21. The first-order chi connectivity index (χ1) is 10.1. The zero-order valence-electron chi connectivity index (χ0n) is 11.9. The molecule has 1 aliphatic rings. The Kier molecular flexibility index (Phi) is 3.51. The third-order valence-electron chi connectivity index (χ3n) is 4.24. The molecule has 0 aliphatic heterocycles. The number of likely N-dealkylation sites (N-methyl/N-ethyl adjacent to an activating group) is 1. The van der Waals surface area contributed by atoms with Crippen molar-refractivity contribution in [2.45, 2.75) is 30.9 Å². The van der Waals surface area contributed by atoms with Crippen LogP contribution in [0.4, 0.5) is 0 Å². The van der Waals surface area contributed by atoms with Crippen molar-refractivity contribution in [2.24, 2.45) is 0 Å². The van der Waals surface area contributed by atoms with Gasteiger partial charge >= 0.3 is 5.97 Å². The van der Waals surface area contributed by atoms with E-state index >= 15 is 0 Å². The fourth-order valence-electron chi connectivity index (χ4n) is 2.94. The fourth-order valence-corrected chi connectivity index (χ4v) is 2.94. The second-order valence-electron chi connectivity index (χ2n) is 5.48. The van der Waals surface area contributed by atoms with Crippen molar-refractivity contribution in [3.05, 3.63) is 36.5 Å². The molecule has 5 nitrogen and oxygen atoms in total. The summed E-state index contributed by atoms with van der Waals surface area (Å²) >= 11 is 0. The predicted molar refractivity (Wildman–Crippen MR) is 79.4 cm³/mol. The minimum Gasteiger partial charge on any atom is -0.490 e. The van der Waals surface area contributed by atoms with E-state index < -0.39 is 11.5 Å². The Morgan fingerprint density at radius 3 is 3.05 bits per heavy atom. The molecule has 0 spiro atoms. The number of carbonyl (C=O) groups is 1. The Labute approximate surface area is 123 Å². The second-order valence-corrected chi connectivity index (χ2v) is 5.48. The molecule has 2 aromatic rings. The van der Waals surface area contributed by atoms with Crippen molar-refractivity contribution >= 4 is 16.9 Å². The van der Waals surface area contributed by atoms with Crippen molar-refractivity contribution in [3.63, 3.8) is 0 Å². The van der Waals surface area contributed by atoms with Gasteiger partial charge in [-0.3, -0.25) is 9.78 Å². The van der Waals surface area contributed by atoms with Crippen molar-refractivity contribution in [1.82, 2.24) is 10.3 Å². The number of nitrogens with one attached hydrogen (secondary N) is 1. The summed E-state index contributed by atoms with van der Waals surface area (Å²) in [4.78, 5) is 15.7. The minimum atomic E-state index is -0.861. The molecule has 1 aromatic heterocycles. The van der Waals surface area contributed by atoms with Crippen molar-refractivity contribution in [3.8, 4) is 5.75 Å². The quantitative estimate of drug-likeness (QED) is 0.901. The molecule has 3 rings (SSSR count). The molecule has 1 aliphatic carbocycles. The highest BCUT2D eigenvalue weighted by molar-refractivity contribution is 5.80. The van der Waals surface area contributed by atoms with Gasteiger partial charge in [0.25, 0.3) is 0 Å². The van der Waals surface area contributed by atoms with Crippen molar-refractivity contribution in [1.29, 1.82) is 0 Å². The molecule has 1 fully saturated rings. The third-order valence-corrected chi connectivity index (χ3v) is 4.24. The summed E-state index contributed by atoms with van der Waals surface area (Å²) in [5.41, 5.74) is 0.0193. The highest BCUT2D eigenvalue weighted by Crippen LogP contribution is 2.33. The van der Waals surface area contributed by atoms with E-state index in [4.69, 9.17) is 4.74 Å². The molecule has 0 saturated heterocycles. The van der Waals surface area contributed by atoms with E-state index in [9.17, 15) is 9.90 Å². The van der Waals surface area contributed by atoms with Crippen molar-refractivity contribution in [2.75, 3.05) is 7.05 Å². The van der Waals surface area contributed by atoms with Crippen LogP contribution in [0.2, 0.25) is 0 Å². The smallest absolute Gasteiger partial charge is 0.324 e. The van der Waals surface area contributed by atoms with Gasteiger partial charge in [0.1, 0.15) is 17.4 Å². The normalized spacial score (nSPS) is 25.1. The number of carboxylic acids is 1. The highest BCUT2D eigenvalue weighted by atomic mass is 16.5. The van der Waals surface area contributed by atoms with E-state index in [2.05, 4.69) is 10.3 Å². The van der Waals surface area contributed by atoms with Gasteiger partial charge in [0.15, 0.2) is 0 Å². The van der Waals surface area contributed by atoms with Gasteiger partial charge < -0.3 is 15.2 Å². The number of nitrogens with zero attached hydrogens (tertiary/aromatic N) is 1. The summed E-state index contributed by atoms with van der Waals surface area (Å²) in [7, 11) is 1.69. The van der Waals surface area contributed by atoms with E-state index in [-0.39, 0.29) is 6.10 Å². The molecule has 0 bridgehead atoms. The SMILES string of the molecule is CNC1(C(=O)O)CCC(Oc2ccc3cccnc3c2)C1. The van der Waals surface area contributed by atoms with E-state index in [1.165, 1.54) is 0 Å². The summed E-state index contributed by atoms with van der Waals surface area (Å²) in [5.74, 6) is -0.0697. The Hall–Kier alpha value is -2.14. The first-order valence-electron chi connectivity index (χ1n) is 7.07. The lowest BCUT2D eigenvalue weighted by Crippen LogP contribution is -2.48. The van der Waals surface area contributed by atoms with Crippen LogP contribution in [0.25, 0.3) is 10.9 Å². The first-order valence-corrected chi connectivity index (χ1v) is 7.07. The molecule has 110 valence electrons. The molecule has 21 heavy (non-hydrogen) atoms. The lowest BCUT2D eigenvalue weighted by molar-refractivity contribution is -0.144. The number of ether oxygens (including phenoxy) is 1. The van der Waals surface area contributed by atoms with Gasteiger partial charge in [0, 0.05) is 24.1 Å². The first kappa shape index (κ1) is 13.8. The summed E-state index contributed by atoms with van der Waals surface area (Å²) < 4.78 is 5.95. The number of benzene rings is 1. The van der Waals surface area contributed by atoms with Crippen LogP contribution >= 0.6 is 0 Å². The van der Waals surface area contributed by atoms with Gasteiger partial charge in [0.2, 0.25) is 0 Å². The fraction of sp³-hybridized carbons (Fsp3) is 0.375. The molecule has 1 heterocycles. The van der Waals surface area contributed by atoms with Gasteiger partial charge in [0.05, 0.1) is 5.52 Å². The Morgan fingerprint density at radius 1 is 1.48 bits per heavy atom. The van der Waals surface area contributed by atoms with E-state index in [0.29, 0.717) is 12.8 Å². The number of rotatable bonds is 4. The molecule has 0 radical (unpaired) electrons. The van der Waals surface area contributed by atoms with Crippen LogP contribution in [-0.4, -0.2) is 34.8 Å². The number of hydrogen-bond acceptors (Lipinski definition) is 4. The summed E-state index contributed by atoms with van der Waals surface area (Å²) in [6, 6.07) is 9.67. The standard InChI is InChI=1S/C16H18N2O3/c1-17-16(15(19)20)7-6-13(10-16)21-12-5-4-11-3-2-8-18-14(11)9-12/h2-5,8-9,13,17H,6-7,10H2,1H3,(H,19,20). The highest BCUT2D eigenvalue weighted by Gasteiger charge is 2.45. The third kappa shape index (κ3) is 2.56. The Balaban J connectivity index is 1.76. The topological polar surface area (TPSA) is 71.5 Å². The second kappa shape index (κ2) is 5.33. The average Bonchev–Trinajstić information content (AvgIpc) is 2.92. The van der Waals surface area contributed by atoms with E-state index in [1.807, 2.05) is 30.3 Å². The maximum atomic E-state index is 11.4. The maximum absolute atomic E-state index is 11.4. The number of hydrogen-bond donors (Lipinski definition) is 2. The van der Waals surface area contributed by atoms with Crippen LogP contribution < -0.4 is 10.1 Å². The molecular formula is C16H18N2O3. The van der Waals surface area contributed by atoms with Crippen LogP contribution in [-0.2, 0) is 4.79 Å². The molecule has 2 N–H and O–H groups in total. The summed E-state index contributed by atoms with van der Waals surface area (Å²) in [5, 5.41) is 13.4. The largest absolute Gasteiger partial charge is 0.490 e. The van der Waals surface area contributed by atoms with Crippen LogP contribution in [0.3, 0.4) is 0 Å². The van der Waals surface area contributed by atoms with Gasteiger partial charge in [-0.25, -0.2) is 0 Å². The van der Waals surface area contributed by atoms with E-state index in [1.54, 1.807) is 13.2 Å². The Bertz CT molecular complexity index is 673. The zero-order chi connectivity index (χ0) is 14.9. The molecular weight excluding hydrogens is 268 g/mol. The van der Waals surface area contributed by atoms with Crippen LogP contribution in [0.15, 0.2) is 36.5 Å². The lowest BCUT2D eigenvalue weighted by Gasteiger charge is -2.23. The molecule has 5 heteroatoms. The summed E-state index contributed by atoms with van der Waals surface area (Å²) in [6.45, 7) is 0. The van der Waals surface area contributed by atoms with Gasteiger partial charge in [-0.1, -0.05) is 6.07 Å². The number of aliphatic carboxylic acids is 1.